The van der Waals surface area contributed by atoms with Gasteiger partial charge in [0.2, 0.25) is 0 Å². The van der Waals surface area contributed by atoms with Crippen LogP contribution in [0.25, 0.3) is 20.4 Å². The third-order valence-corrected chi connectivity index (χ3v) is 7.09. The first-order valence-electron chi connectivity index (χ1n) is 7.39. The lowest BCUT2D eigenvalue weighted by molar-refractivity contribution is 0.870. The fraction of sp³-hybridized carbons (Fsp3) is 0.125. The molecule has 24 heavy (non-hydrogen) atoms. The number of benzene rings is 2. The van der Waals surface area contributed by atoms with Crippen molar-refractivity contribution in [1.29, 1.82) is 0 Å². The van der Waals surface area contributed by atoms with Crippen molar-refractivity contribution in [3.63, 3.8) is 0 Å². The number of nitrogens with zero attached hydrogens (tertiary/aromatic N) is 2. The maximum absolute atomic E-state index is 4.59. The molecule has 8 heteroatoms. The predicted octanol–water partition coefficient (Wildman–Crippen LogP) is 4.80. The van der Waals surface area contributed by atoms with Crippen LogP contribution in [0.1, 0.15) is 0 Å². The maximum Gasteiger partial charge on any atom is 0.166 e. The molecule has 0 saturated heterocycles. The largest absolute Gasteiger partial charge is 0.257 e. The number of para-hydroxylation sites is 2. The highest BCUT2D eigenvalue weighted by molar-refractivity contribution is 7.99. The summed E-state index contributed by atoms with van der Waals surface area (Å²) >= 11 is 6.61. The van der Waals surface area contributed by atoms with Gasteiger partial charge < -0.3 is 0 Å². The summed E-state index contributed by atoms with van der Waals surface area (Å²) in [5.41, 5.74) is 2.13. The first-order chi connectivity index (χ1) is 11.9. The molecule has 0 aliphatic carbocycles. The normalized spacial score (nSPS) is 11.5. The van der Waals surface area contributed by atoms with Crippen LogP contribution in [0.3, 0.4) is 0 Å². The van der Waals surface area contributed by atoms with E-state index in [1.54, 1.807) is 46.6 Å². The summed E-state index contributed by atoms with van der Waals surface area (Å²) in [5.74, 6) is 0. The maximum atomic E-state index is 4.59. The van der Waals surface area contributed by atoms with Crippen LogP contribution in [-0.4, -0.2) is 23.1 Å². The molecule has 2 aromatic carbocycles. The fourth-order valence-electron chi connectivity index (χ4n) is 2.12. The van der Waals surface area contributed by atoms with Crippen LogP contribution < -0.4 is 9.44 Å². The van der Waals surface area contributed by atoms with Gasteiger partial charge in [-0.3, -0.25) is 9.44 Å². The van der Waals surface area contributed by atoms with Crippen LogP contribution in [0, 0.1) is 0 Å². The van der Waals surface area contributed by atoms with E-state index in [-0.39, 0.29) is 0 Å². The van der Waals surface area contributed by atoms with Gasteiger partial charge in [-0.1, -0.05) is 24.3 Å². The van der Waals surface area contributed by atoms with Crippen molar-refractivity contribution in [2.75, 3.05) is 13.1 Å². The zero-order chi connectivity index (χ0) is 16.2. The molecule has 4 aromatic rings. The van der Waals surface area contributed by atoms with Crippen molar-refractivity contribution >= 4 is 67.0 Å². The zero-order valence-corrected chi connectivity index (χ0v) is 15.8. The number of rotatable bonds is 7. The number of hydrogen-bond donors (Lipinski definition) is 2. The molecule has 0 unspecified atom stereocenters. The lowest BCUT2D eigenvalue weighted by Gasteiger charge is -2.02. The van der Waals surface area contributed by atoms with Gasteiger partial charge in [0.1, 0.15) is 0 Å². The van der Waals surface area contributed by atoms with E-state index in [1.165, 1.54) is 9.40 Å². The summed E-state index contributed by atoms with van der Waals surface area (Å²) in [6, 6.07) is 16.4. The molecule has 0 fully saturated rings. The smallest absolute Gasteiger partial charge is 0.166 e. The summed E-state index contributed by atoms with van der Waals surface area (Å²) in [5, 5.41) is 0. The molecule has 0 atom stereocenters. The molecule has 0 aliphatic heterocycles. The molecule has 0 spiro atoms. The monoisotopic (exact) mass is 390 g/mol. The van der Waals surface area contributed by atoms with Crippen LogP contribution in [0.2, 0.25) is 0 Å². The Labute approximate surface area is 156 Å². The SMILES string of the molecule is c1ccc2sc(SNCCNSc3nc4ccccc4s3)nc2c1. The molecule has 0 aliphatic rings. The molecule has 122 valence electrons. The Morgan fingerprint density at radius 2 is 1.17 bits per heavy atom. The van der Waals surface area contributed by atoms with Crippen molar-refractivity contribution in [3.8, 4) is 0 Å². The Morgan fingerprint density at radius 3 is 1.62 bits per heavy atom. The highest BCUT2D eigenvalue weighted by Crippen LogP contribution is 2.28. The van der Waals surface area contributed by atoms with E-state index in [4.69, 9.17) is 0 Å². The van der Waals surface area contributed by atoms with Crippen molar-refractivity contribution in [3.05, 3.63) is 48.5 Å². The molecule has 4 nitrogen and oxygen atoms in total. The van der Waals surface area contributed by atoms with Gasteiger partial charge in [0.05, 0.1) is 20.4 Å². The van der Waals surface area contributed by atoms with E-state index in [0.717, 1.165) is 32.8 Å². The third kappa shape index (κ3) is 3.90. The highest BCUT2D eigenvalue weighted by atomic mass is 32.2. The second-order valence-electron chi connectivity index (χ2n) is 4.89. The number of fused-ring (bicyclic) bond motifs is 2. The fourth-order valence-corrected chi connectivity index (χ4v) is 5.68. The second-order valence-corrected chi connectivity index (χ2v) is 9.22. The molecular weight excluding hydrogens is 376 g/mol. The standard InChI is InChI=1S/C16H14N4S4/c1-3-7-13-11(5-1)19-15(21-13)23-17-9-10-18-24-16-20-12-6-2-4-8-14(12)22-16/h1-8,17-18H,9-10H2. The van der Waals surface area contributed by atoms with Crippen molar-refractivity contribution in [2.45, 2.75) is 8.68 Å². The molecule has 0 radical (unpaired) electrons. The number of hydrogen-bond acceptors (Lipinski definition) is 8. The molecule has 2 N–H and O–H groups in total. The molecule has 4 rings (SSSR count). The average Bonchev–Trinajstić information content (AvgIpc) is 3.20. The van der Waals surface area contributed by atoms with Crippen LogP contribution in [0.4, 0.5) is 0 Å². The molecular formula is C16H14N4S4. The Morgan fingerprint density at radius 1 is 0.708 bits per heavy atom. The minimum atomic E-state index is 0.860. The number of aromatic nitrogens is 2. The number of thiazole rings is 2. The zero-order valence-electron chi connectivity index (χ0n) is 12.6. The topological polar surface area (TPSA) is 49.8 Å². The van der Waals surface area contributed by atoms with Gasteiger partial charge in [0.15, 0.2) is 8.68 Å². The van der Waals surface area contributed by atoms with Crippen LogP contribution >= 0.6 is 46.6 Å². The summed E-state index contributed by atoms with van der Waals surface area (Å²) in [7, 11) is 0. The van der Waals surface area contributed by atoms with E-state index in [1.807, 2.05) is 36.4 Å². The lowest BCUT2D eigenvalue weighted by atomic mass is 10.3. The molecule has 2 heterocycles. The van der Waals surface area contributed by atoms with Crippen LogP contribution in [-0.2, 0) is 0 Å². The van der Waals surface area contributed by atoms with Crippen molar-refractivity contribution < 1.29 is 0 Å². The molecule has 2 aromatic heterocycles. The van der Waals surface area contributed by atoms with Gasteiger partial charge in [-0.15, -0.1) is 22.7 Å². The predicted molar refractivity (Wildman–Crippen MR) is 107 cm³/mol. The van der Waals surface area contributed by atoms with E-state index < -0.39 is 0 Å². The van der Waals surface area contributed by atoms with Gasteiger partial charge in [-0.2, -0.15) is 0 Å². The van der Waals surface area contributed by atoms with Gasteiger partial charge in [-0.25, -0.2) is 9.97 Å². The molecule has 0 bridgehead atoms. The summed E-state index contributed by atoms with van der Waals surface area (Å²) in [4.78, 5) is 9.17. The minimum Gasteiger partial charge on any atom is -0.257 e. The van der Waals surface area contributed by atoms with Crippen LogP contribution in [0.15, 0.2) is 57.2 Å². The summed E-state index contributed by atoms with van der Waals surface area (Å²) in [6.45, 7) is 1.72. The average molecular weight is 391 g/mol. The van der Waals surface area contributed by atoms with Gasteiger partial charge in [-0.05, 0) is 48.2 Å². The minimum absolute atomic E-state index is 0.860. The van der Waals surface area contributed by atoms with Crippen molar-refractivity contribution in [1.82, 2.24) is 19.4 Å². The lowest BCUT2D eigenvalue weighted by Crippen LogP contribution is -2.18. The third-order valence-electron chi connectivity index (χ3n) is 3.20. The summed E-state index contributed by atoms with van der Waals surface area (Å²) in [6.07, 6.45) is 0. The van der Waals surface area contributed by atoms with E-state index >= 15 is 0 Å². The van der Waals surface area contributed by atoms with Gasteiger partial charge >= 0.3 is 0 Å². The Bertz CT molecular complexity index is 805. The van der Waals surface area contributed by atoms with E-state index in [9.17, 15) is 0 Å². The van der Waals surface area contributed by atoms with E-state index in [2.05, 4.69) is 31.5 Å². The molecule has 0 saturated carbocycles. The number of nitrogens with one attached hydrogen (secondary N) is 2. The van der Waals surface area contributed by atoms with Crippen LogP contribution in [0.5, 0.6) is 0 Å². The molecule has 0 amide bonds. The van der Waals surface area contributed by atoms with Gasteiger partial charge in [0, 0.05) is 13.1 Å². The first-order valence-corrected chi connectivity index (χ1v) is 10.7. The summed E-state index contributed by atoms with van der Waals surface area (Å²) < 4.78 is 11.3. The highest BCUT2D eigenvalue weighted by Gasteiger charge is 2.04. The Hall–Kier alpha value is -1.16. The Kier molecular flexibility index (Phi) is 5.31. The first kappa shape index (κ1) is 16.3. The van der Waals surface area contributed by atoms with Crippen molar-refractivity contribution in [2.24, 2.45) is 0 Å². The second kappa shape index (κ2) is 7.81. The quantitative estimate of drug-likeness (QED) is 0.349. The van der Waals surface area contributed by atoms with E-state index in [0.29, 0.717) is 0 Å². The Balaban J connectivity index is 1.20. The van der Waals surface area contributed by atoms with Gasteiger partial charge in [0.25, 0.3) is 0 Å².